The van der Waals surface area contributed by atoms with Crippen LogP contribution in [0.15, 0.2) is 28.7 Å². The van der Waals surface area contributed by atoms with Gasteiger partial charge in [-0.1, -0.05) is 12.1 Å². The van der Waals surface area contributed by atoms with Gasteiger partial charge in [0, 0.05) is 0 Å². The molecule has 0 bridgehead atoms. The molecule has 0 heterocycles. The van der Waals surface area contributed by atoms with Crippen molar-refractivity contribution in [3.63, 3.8) is 0 Å². The second-order valence-electron chi connectivity index (χ2n) is 4.84. The summed E-state index contributed by atoms with van der Waals surface area (Å²) in [4.78, 5) is 0. The first-order valence-electron chi connectivity index (χ1n) is 6.13. The number of benzene rings is 1. The fourth-order valence-electron chi connectivity index (χ4n) is 1.48. The predicted octanol–water partition coefficient (Wildman–Crippen LogP) is 6.52. The van der Waals surface area contributed by atoms with Crippen LogP contribution in [0, 0.1) is 0 Å². The normalized spacial score (nSPS) is 15.0. The third-order valence-corrected chi connectivity index (χ3v) is 3.63. The van der Waals surface area contributed by atoms with Crippen LogP contribution in [0.1, 0.15) is 0 Å². The number of hydrogen-bond donors (Lipinski definition) is 0. The molecule has 1 nitrogen and oxygen atoms in total. The van der Waals surface area contributed by atoms with E-state index < -0.39 is 46.2 Å². The second kappa shape index (κ2) is 6.58. The monoisotopic (exact) mass is 490 g/mol. The molecule has 0 aliphatic rings. The molecule has 0 radical (unpaired) electrons. The van der Waals surface area contributed by atoms with Crippen molar-refractivity contribution >= 4 is 15.9 Å². The number of halogens is 14. The summed E-state index contributed by atoms with van der Waals surface area (Å²) < 4.78 is 170. The molecule has 27 heavy (non-hydrogen) atoms. The Labute approximate surface area is 149 Å². The highest BCUT2D eigenvalue weighted by atomic mass is 79.9. The molecule has 0 aromatic heterocycles. The lowest BCUT2D eigenvalue weighted by Gasteiger charge is -2.39. The van der Waals surface area contributed by atoms with Crippen molar-refractivity contribution in [1.82, 2.24) is 0 Å². The molecule has 0 amide bonds. The Morgan fingerprint density at radius 1 is 0.593 bits per heavy atom. The van der Waals surface area contributed by atoms with Gasteiger partial charge in [0.15, 0.2) is 0 Å². The van der Waals surface area contributed by atoms with E-state index in [-0.39, 0.29) is 0 Å². The van der Waals surface area contributed by atoms with Gasteiger partial charge in [-0.25, -0.2) is 0 Å². The van der Waals surface area contributed by atoms with E-state index >= 15 is 0 Å². The van der Waals surface area contributed by atoms with Crippen molar-refractivity contribution in [2.75, 3.05) is 0 Å². The molecule has 0 fully saturated rings. The van der Waals surface area contributed by atoms with Gasteiger partial charge < -0.3 is 4.74 Å². The van der Waals surface area contributed by atoms with Gasteiger partial charge in [-0.15, -0.1) is 0 Å². The lowest BCUT2D eigenvalue weighted by molar-refractivity contribution is -0.456. The molecule has 1 aromatic carbocycles. The van der Waals surface area contributed by atoms with Crippen LogP contribution in [0.3, 0.4) is 0 Å². The zero-order valence-electron chi connectivity index (χ0n) is 12.0. The number of para-hydroxylation sites is 1. The van der Waals surface area contributed by atoms with Gasteiger partial charge in [0.25, 0.3) is 0 Å². The molecule has 156 valence electrons. The molecule has 15 heteroatoms. The average molecular weight is 491 g/mol. The summed E-state index contributed by atoms with van der Waals surface area (Å²) in [7, 11) is 0. The first kappa shape index (κ1) is 23.6. The van der Waals surface area contributed by atoms with Crippen LogP contribution in [-0.4, -0.2) is 36.0 Å². The second-order valence-corrected chi connectivity index (χ2v) is 5.70. The Bertz CT molecular complexity index is 682. The number of alkyl halides is 13. The number of ether oxygens (including phenoxy) is 1. The van der Waals surface area contributed by atoms with Crippen LogP contribution in [0.25, 0.3) is 0 Å². The van der Waals surface area contributed by atoms with Gasteiger partial charge in [0.1, 0.15) is 5.75 Å². The van der Waals surface area contributed by atoms with Crippen molar-refractivity contribution in [1.29, 1.82) is 0 Å². The van der Waals surface area contributed by atoms with E-state index in [0.717, 1.165) is 18.2 Å². The summed E-state index contributed by atoms with van der Waals surface area (Å²) in [6.45, 7) is 0. The summed E-state index contributed by atoms with van der Waals surface area (Å²) in [5.41, 5.74) is 0. The summed E-state index contributed by atoms with van der Waals surface area (Å²) in [6.07, 6.45) is -14.1. The van der Waals surface area contributed by atoms with Crippen molar-refractivity contribution in [2.24, 2.45) is 0 Å². The maximum atomic E-state index is 13.4. The molecule has 0 aliphatic carbocycles. The van der Waals surface area contributed by atoms with Crippen molar-refractivity contribution < 1.29 is 61.8 Å². The smallest absolute Gasteiger partial charge is 0.427 e. The van der Waals surface area contributed by atoms with Gasteiger partial charge in [0.05, 0.1) is 4.47 Å². The van der Waals surface area contributed by atoms with E-state index in [0.29, 0.717) is 6.07 Å². The van der Waals surface area contributed by atoms with Crippen LogP contribution < -0.4 is 4.74 Å². The zero-order valence-corrected chi connectivity index (χ0v) is 13.6. The van der Waals surface area contributed by atoms with E-state index in [9.17, 15) is 57.1 Å². The first-order valence-corrected chi connectivity index (χ1v) is 6.92. The molecular weight excluding hydrogens is 487 g/mol. The van der Waals surface area contributed by atoms with Gasteiger partial charge >= 0.3 is 36.0 Å². The fraction of sp³-hybridized carbons (Fsp3) is 0.500. The van der Waals surface area contributed by atoms with Crippen LogP contribution in [-0.2, 0) is 0 Å². The third kappa shape index (κ3) is 3.53. The van der Waals surface area contributed by atoms with Gasteiger partial charge in [0.2, 0.25) is 0 Å². The van der Waals surface area contributed by atoms with Gasteiger partial charge in [-0.05, 0) is 28.1 Å². The summed E-state index contributed by atoms with van der Waals surface area (Å²) in [5.74, 6) is -32.4. The first-order chi connectivity index (χ1) is 11.7. The highest BCUT2D eigenvalue weighted by Crippen LogP contribution is 2.60. The van der Waals surface area contributed by atoms with Crippen molar-refractivity contribution in [3.8, 4) is 5.75 Å². The summed E-state index contributed by atoms with van der Waals surface area (Å²) in [5, 5.41) is 0. The minimum absolute atomic E-state index is 0.467. The Balaban J connectivity index is 3.43. The van der Waals surface area contributed by atoms with E-state index in [2.05, 4.69) is 20.7 Å². The quantitative estimate of drug-likeness (QED) is 0.412. The summed E-state index contributed by atoms with van der Waals surface area (Å²) in [6, 6.07) is 3.27. The van der Waals surface area contributed by atoms with Crippen LogP contribution in [0.2, 0.25) is 0 Å². The zero-order chi connectivity index (χ0) is 21.7. The molecule has 1 aromatic rings. The highest BCUT2D eigenvalue weighted by Gasteiger charge is 2.91. The largest absolute Gasteiger partial charge is 0.471 e. The van der Waals surface area contributed by atoms with E-state index in [4.69, 9.17) is 0 Å². The van der Waals surface area contributed by atoms with Crippen molar-refractivity contribution in [2.45, 2.75) is 36.0 Å². The lowest BCUT2D eigenvalue weighted by Crippen LogP contribution is -2.70. The third-order valence-electron chi connectivity index (χ3n) is 2.98. The maximum absolute atomic E-state index is 13.4. The molecular formula is C12H4BrF13O. The van der Waals surface area contributed by atoms with Crippen LogP contribution >= 0.6 is 15.9 Å². The summed E-state index contributed by atoms with van der Waals surface area (Å²) >= 11 is 2.46. The molecule has 0 aliphatic heterocycles. The topological polar surface area (TPSA) is 9.23 Å². The fourth-order valence-corrected chi connectivity index (χ4v) is 1.85. The van der Waals surface area contributed by atoms with E-state index in [1.165, 1.54) is 0 Å². The molecule has 1 rings (SSSR count). The standard InChI is InChI=1S/C12H4BrF13O/c13-5-3-1-2-4-6(5)27-12(25,26)10(20,21)8(16,17)7(14,15)9(18,19)11(22,23)24/h1-4H. The average Bonchev–Trinajstić information content (AvgIpc) is 2.47. The molecule has 0 N–H and O–H groups in total. The minimum Gasteiger partial charge on any atom is -0.427 e. The Morgan fingerprint density at radius 3 is 1.41 bits per heavy atom. The SMILES string of the molecule is FC(F)(F)C(F)(F)C(F)(F)C(F)(F)C(F)(F)C(F)(F)Oc1ccccc1Br. The van der Waals surface area contributed by atoms with Gasteiger partial charge in [-0.3, -0.25) is 0 Å². The van der Waals surface area contributed by atoms with E-state index in [1.54, 1.807) is 0 Å². The molecule has 0 atom stereocenters. The lowest BCUT2D eigenvalue weighted by atomic mass is 9.97. The van der Waals surface area contributed by atoms with Crippen LogP contribution in [0.4, 0.5) is 57.1 Å². The Hall–Kier alpha value is -1.41. The molecule has 0 saturated heterocycles. The Morgan fingerprint density at radius 2 is 1.00 bits per heavy atom. The van der Waals surface area contributed by atoms with Crippen LogP contribution in [0.5, 0.6) is 5.75 Å². The molecule has 0 saturated carbocycles. The minimum atomic E-state index is -7.96. The molecule has 0 spiro atoms. The Kier molecular flexibility index (Phi) is 5.76. The maximum Gasteiger partial charge on any atom is 0.471 e. The predicted molar refractivity (Wildman–Crippen MR) is 65.6 cm³/mol. The number of rotatable bonds is 6. The van der Waals surface area contributed by atoms with Gasteiger partial charge in [-0.2, -0.15) is 57.1 Å². The number of hydrogen-bond acceptors (Lipinski definition) is 1. The highest BCUT2D eigenvalue weighted by molar-refractivity contribution is 9.10. The molecule has 0 unspecified atom stereocenters. The van der Waals surface area contributed by atoms with E-state index in [1.807, 2.05) is 0 Å². The van der Waals surface area contributed by atoms with Crippen molar-refractivity contribution in [3.05, 3.63) is 28.7 Å².